The summed E-state index contributed by atoms with van der Waals surface area (Å²) in [7, 11) is 1.41. The van der Waals surface area contributed by atoms with Crippen LogP contribution in [0.25, 0.3) is 0 Å². The van der Waals surface area contributed by atoms with Gasteiger partial charge in [0.1, 0.15) is 5.76 Å². The van der Waals surface area contributed by atoms with Gasteiger partial charge in [0.25, 0.3) is 0 Å². The Morgan fingerprint density at radius 2 is 2.10 bits per heavy atom. The fourth-order valence-corrected chi connectivity index (χ4v) is 7.19. The molecular formula is C23H32O6. The highest BCUT2D eigenvalue weighted by Gasteiger charge is 2.66. The number of hydrogen-bond acceptors (Lipinski definition) is 6. The lowest BCUT2D eigenvalue weighted by molar-refractivity contribution is -0.213. The second kappa shape index (κ2) is 7.15. The zero-order valence-electron chi connectivity index (χ0n) is 17.8. The van der Waals surface area contributed by atoms with Crippen molar-refractivity contribution in [2.75, 3.05) is 13.7 Å². The van der Waals surface area contributed by atoms with E-state index in [2.05, 4.69) is 6.92 Å². The van der Waals surface area contributed by atoms with Gasteiger partial charge in [-0.3, -0.25) is 9.59 Å². The maximum Gasteiger partial charge on any atom is 0.311 e. The fraction of sp³-hybridized carbons (Fsp3) is 0.739. The van der Waals surface area contributed by atoms with Crippen LogP contribution in [-0.4, -0.2) is 36.9 Å². The number of aliphatic hydroxyl groups is 1. The number of carbonyl (C=O) groups excluding carboxylic acids is 2. The van der Waals surface area contributed by atoms with Crippen molar-refractivity contribution in [3.05, 3.63) is 23.7 Å². The topological polar surface area (TPSA) is 86.0 Å². The number of esters is 2. The van der Waals surface area contributed by atoms with Crippen molar-refractivity contribution in [1.82, 2.24) is 0 Å². The molecule has 0 unspecified atom stereocenters. The van der Waals surface area contributed by atoms with E-state index in [-0.39, 0.29) is 42.2 Å². The molecule has 0 amide bonds. The zero-order valence-corrected chi connectivity index (χ0v) is 17.8. The number of ether oxygens (including phenoxy) is 2. The van der Waals surface area contributed by atoms with E-state index < -0.39 is 16.9 Å². The van der Waals surface area contributed by atoms with Crippen LogP contribution in [0.5, 0.6) is 0 Å². The summed E-state index contributed by atoms with van der Waals surface area (Å²) < 4.78 is 16.6. The Kier molecular flexibility index (Phi) is 5.04. The van der Waals surface area contributed by atoms with Crippen LogP contribution in [0, 0.1) is 28.6 Å². The van der Waals surface area contributed by atoms with E-state index in [0.29, 0.717) is 12.8 Å². The summed E-state index contributed by atoms with van der Waals surface area (Å²) in [6.07, 6.45) is 4.80. The SMILES string of the molecule is COC(=O)[C@]1(C)CCC[C@@]2(COC(C)=O)[C@H]1[C@H](O)C[C@H]1[C@@H](C)c3ccoc3C[C@@H]12. The molecule has 7 atom stereocenters. The Labute approximate surface area is 171 Å². The summed E-state index contributed by atoms with van der Waals surface area (Å²) in [4.78, 5) is 24.7. The molecule has 3 aliphatic rings. The van der Waals surface area contributed by atoms with Crippen LogP contribution in [0.1, 0.15) is 63.7 Å². The zero-order chi connectivity index (χ0) is 21.0. The predicted octanol–water partition coefficient (Wildman–Crippen LogP) is 3.47. The summed E-state index contributed by atoms with van der Waals surface area (Å²) in [5.41, 5.74) is -0.0657. The van der Waals surface area contributed by atoms with Crippen LogP contribution in [0.3, 0.4) is 0 Å². The van der Waals surface area contributed by atoms with E-state index in [1.165, 1.54) is 19.6 Å². The number of fused-ring (bicyclic) bond motifs is 4. The molecule has 0 aliphatic heterocycles. The maximum atomic E-state index is 12.9. The number of hydrogen-bond donors (Lipinski definition) is 1. The molecule has 2 saturated carbocycles. The molecule has 0 radical (unpaired) electrons. The van der Waals surface area contributed by atoms with Crippen LogP contribution in [0.4, 0.5) is 0 Å². The first-order chi connectivity index (χ1) is 13.7. The molecule has 2 fully saturated rings. The summed E-state index contributed by atoms with van der Waals surface area (Å²) in [5, 5.41) is 11.4. The predicted molar refractivity (Wildman–Crippen MR) is 105 cm³/mol. The first-order valence-electron chi connectivity index (χ1n) is 10.7. The van der Waals surface area contributed by atoms with Crippen LogP contribution in [0.2, 0.25) is 0 Å². The highest BCUT2D eigenvalue weighted by molar-refractivity contribution is 5.77. The van der Waals surface area contributed by atoms with Gasteiger partial charge in [-0.15, -0.1) is 0 Å². The second-order valence-corrected chi connectivity index (χ2v) is 9.62. The van der Waals surface area contributed by atoms with Gasteiger partial charge in [0.15, 0.2) is 0 Å². The van der Waals surface area contributed by atoms with Gasteiger partial charge in [0.05, 0.1) is 31.5 Å². The smallest absolute Gasteiger partial charge is 0.311 e. The number of rotatable bonds is 3. The molecular weight excluding hydrogens is 372 g/mol. The summed E-state index contributed by atoms with van der Waals surface area (Å²) in [6, 6.07) is 2.03. The van der Waals surface area contributed by atoms with Crippen molar-refractivity contribution < 1.29 is 28.6 Å². The number of aliphatic hydroxyl groups excluding tert-OH is 1. The Hall–Kier alpha value is -1.82. The minimum atomic E-state index is -0.801. The molecule has 0 bridgehead atoms. The highest BCUT2D eigenvalue weighted by Crippen LogP contribution is 2.65. The number of methoxy groups -OCH3 is 1. The molecule has 1 heterocycles. The van der Waals surface area contributed by atoms with Gasteiger partial charge >= 0.3 is 11.9 Å². The molecule has 4 rings (SSSR count). The quantitative estimate of drug-likeness (QED) is 0.777. The average Bonchev–Trinajstić information content (AvgIpc) is 3.16. The normalized spacial score (nSPS) is 40.9. The van der Waals surface area contributed by atoms with Gasteiger partial charge in [0, 0.05) is 24.7 Å². The molecule has 6 heteroatoms. The van der Waals surface area contributed by atoms with Crippen molar-refractivity contribution in [2.24, 2.45) is 28.6 Å². The Bertz CT molecular complexity index is 799. The monoisotopic (exact) mass is 404 g/mol. The lowest BCUT2D eigenvalue weighted by atomic mass is 9.42. The van der Waals surface area contributed by atoms with Gasteiger partial charge < -0.3 is 19.0 Å². The molecule has 1 aromatic heterocycles. The van der Waals surface area contributed by atoms with E-state index in [0.717, 1.165) is 25.0 Å². The van der Waals surface area contributed by atoms with Crippen LogP contribution < -0.4 is 0 Å². The minimum absolute atomic E-state index is 0.174. The van der Waals surface area contributed by atoms with Crippen molar-refractivity contribution in [3.63, 3.8) is 0 Å². The van der Waals surface area contributed by atoms with Gasteiger partial charge in [-0.05, 0) is 55.6 Å². The fourth-order valence-electron chi connectivity index (χ4n) is 7.19. The molecule has 6 nitrogen and oxygen atoms in total. The molecule has 1 aromatic rings. The largest absolute Gasteiger partial charge is 0.469 e. The lowest BCUT2D eigenvalue weighted by Gasteiger charge is -2.62. The third-order valence-corrected chi connectivity index (χ3v) is 8.31. The summed E-state index contributed by atoms with van der Waals surface area (Å²) >= 11 is 0. The Balaban J connectivity index is 1.83. The first-order valence-corrected chi connectivity index (χ1v) is 10.7. The molecule has 0 aromatic carbocycles. The highest BCUT2D eigenvalue weighted by atomic mass is 16.5. The Morgan fingerprint density at radius 3 is 2.79 bits per heavy atom. The minimum Gasteiger partial charge on any atom is -0.469 e. The summed E-state index contributed by atoms with van der Waals surface area (Å²) in [6.45, 7) is 5.75. The average molecular weight is 405 g/mol. The van der Waals surface area contributed by atoms with Gasteiger partial charge in [0.2, 0.25) is 0 Å². The Morgan fingerprint density at radius 1 is 1.34 bits per heavy atom. The van der Waals surface area contributed by atoms with E-state index in [1.807, 2.05) is 13.0 Å². The van der Waals surface area contributed by atoms with Crippen LogP contribution in [0.15, 0.2) is 16.7 Å². The third kappa shape index (κ3) is 2.94. The lowest BCUT2D eigenvalue weighted by Crippen LogP contribution is -2.64. The van der Waals surface area contributed by atoms with Gasteiger partial charge in [-0.25, -0.2) is 0 Å². The standard InChI is InChI=1S/C23H32O6/c1-13-15-6-9-28-19(15)11-17-16(13)10-18(25)20-22(3,21(26)27-4)7-5-8-23(17,20)12-29-14(2)24/h6,9,13,16-18,20,25H,5,7-8,10-12H2,1-4H3/t13-,16-,17-,18+,20-,22+,23-/m0/s1. The first kappa shape index (κ1) is 20.5. The molecule has 0 spiro atoms. The second-order valence-electron chi connectivity index (χ2n) is 9.62. The maximum absolute atomic E-state index is 12.9. The molecule has 3 aliphatic carbocycles. The van der Waals surface area contributed by atoms with E-state index in [4.69, 9.17) is 13.9 Å². The van der Waals surface area contributed by atoms with Crippen LogP contribution in [-0.2, 0) is 25.5 Å². The van der Waals surface area contributed by atoms with Crippen LogP contribution >= 0.6 is 0 Å². The van der Waals surface area contributed by atoms with Crippen molar-refractivity contribution >= 4 is 11.9 Å². The van der Waals surface area contributed by atoms with Crippen molar-refractivity contribution in [3.8, 4) is 0 Å². The molecule has 160 valence electrons. The van der Waals surface area contributed by atoms with Crippen molar-refractivity contribution in [2.45, 2.75) is 64.9 Å². The number of carbonyl (C=O) groups is 2. The van der Waals surface area contributed by atoms with Crippen molar-refractivity contribution in [1.29, 1.82) is 0 Å². The van der Waals surface area contributed by atoms with Gasteiger partial charge in [-0.2, -0.15) is 0 Å². The van der Waals surface area contributed by atoms with Gasteiger partial charge in [-0.1, -0.05) is 13.3 Å². The van der Waals surface area contributed by atoms with E-state index >= 15 is 0 Å². The summed E-state index contributed by atoms with van der Waals surface area (Å²) in [5.74, 6) is 0.729. The number of furan rings is 1. The van der Waals surface area contributed by atoms with E-state index in [1.54, 1.807) is 6.26 Å². The molecule has 1 N–H and O–H groups in total. The third-order valence-electron chi connectivity index (χ3n) is 8.31. The molecule has 29 heavy (non-hydrogen) atoms. The van der Waals surface area contributed by atoms with E-state index in [9.17, 15) is 14.7 Å². The molecule has 0 saturated heterocycles.